The highest BCUT2D eigenvalue weighted by Crippen LogP contribution is 2.53. The van der Waals surface area contributed by atoms with E-state index in [1.165, 1.54) is 0 Å². The Labute approximate surface area is 125 Å². The van der Waals surface area contributed by atoms with E-state index in [-0.39, 0.29) is 0 Å². The van der Waals surface area contributed by atoms with Crippen LogP contribution in [0.25, 0.3) is 0 Å². The minimum absolute atomic E-state index is 0.296. The van der Waals surface area contributed by atoms with E-state index in [4.69, 9.17) is 0 Å². The number of halogens is 3. The number of alkyl halides is 3. The van der Waals surface area contributed by atoms with Gasteiger partial charge in [0.1, 0.15) is 5.41 Å². The first-order valence-electron chi connectivity index (χ1n) is 6.93. The minimum atomic E-state index is -4.52. The number of hydrogen-bond acceptors (Lipinski definition) is 2. The van der Waals surface area contributed by atoms with Crippen LogP contribution in [0.2, 0.25) is 0 Å². The molecule has 1 N–H and O–H groups in total. The van der Waals surface area contributed by atoms with Gasteiger partial charge >= 0.3 is 12.1 Å². The zero-order valence-corrected chi connectivity index (χ0v) is 11.8. The number of nitrogens with zero attached hydrogens (tertiary/aromatic N) is 1. The number of carboxylic acid groups (broad SMARTS) is 1. The number of rotatable bonds is 1. The Bertz CT molecular complexity index is 706. The number of pyridine rings is 1. The molecule has 1 aromatic rings. The Morgan fingerprint density at radius 2 is 2.23 bits per heavy atom. The summed E-state index contributed by atoms with van der Waals surface area (Å²) in [4.78, 5) is 16.2. The SMILES string of the molecule is C/C=C1\C2C=C(C(F)(F)F)CC1(C(=O)O)c1cccnc1C2. The lowest BCUT2D eigenvalue weighted by molar-refractivity contribution is -0.144. The number of carbonyl (C=O) groups is 1. The lowest BCUT2D eigenvalue weighted by atomic mass is 9.58. The molecule has 116 valence electrons. The van der Waals surface area contributed by atoms with Crippen molar-refractivity contribution in [3.8, 4) is 0 Å². The third-order valence-corrected chi connectivity index (χ3v) is 4.55. The zero-order valence-electron chi connectivity index (χ0n) is 11.8. The van der Waals surface area contributed by atoms with Crippen molar-refractivity contribution in [2.45, 2.75) is 31.4 Å². The van der Waals surface area contributed by atoms with E-state index in [1.807, 2.05) is 0 Å². The van der Waals surface area contributed by atoms with Crippen molar-refractivity contribution in [2.75, 3.05) is 0 Å². The Morgan fingerprint density at radius 1 is 1.50 bits per heavy atom. The van der Waals surface area contributed by atoms with Crippen molar-refractivity contribution in [2.24, 2.45) is 5.92 Å². The summed E-state index contributed by atoms with van der Waals surface area (Å²) in [6.07, 6.45) is -0.464. The van der Waals surface area contributed by atoms with E-state index in [0.717, 1.165) is 6.08 Å². The molecule has 2 aliphatic rings. The second-order valence-electron chi connectivity index (χ2n) is 5.63. The quantitative estimate of drug-likeness (QED) is 0.809. The molecule has 0 saturated heterocycles. The normalized spacial score (nSPS) is 29.0. The third kappa shape index (κ3) is 1.90. The van der Waals surface area contributed by atoms with Gasteiger partial charge in [0.05, 0.1) is 0 Å². The van der Waals surface area contributed by atoms with Crippen molar-refractivity contribution in [1.29, 1.82) is 0 Å². The van der Waals surface area contributed by atoms with Gasteiger partial charge in [-0.3, -0.25) is 9.78 Å². The highest BCUT2D eigenvalue weighted by Gasteiger charge is 2.56. The molecule has 0 aliphatic heterocycles. The lowest BCUT2D eigenvalue weighted by Gasteiger charge is -2.45. The van der Waals surface area contributed by atoms with Crippen LogP contribution in [-0.2, 0) is 16.6 Å². The average Bonchev–Trinajstić information content (AvgIpc) is 2.44. The van der Waals surface area contributed by atoms with Crippen LogP contribution < -0.4 is 0 Å². The Morgan fingerprint density at radius 3 is 2.82 bits per heavy atom. The molecule has 6 heteroatoms. The summed E-state index contributed by atoms with van der Waals surface area (Å²) in [5.41, 5.74) is -0.964. The summed E-state index contributed by atoms with van der Waals surface area (Å²) >= 11 is 0. The number of aromatic nitrogens is 1. The molecule has 22 heavy (non-hydrogen) atoms. The van der Waals surface area contributed by atoms with Crippen molar-refractivity contribution in [3.05, 3.63) is 52.9 Å². The minimum Gasteiger partial charge on any atom is -0.480 e. The number of hydrogen-bond donors (Lipinski definition) is 1. The molecule has 0 spiro atoms. The van der Waals surface area contributed by atoms with Gasteiger partial charge in [-0.25, -0.2) is 0 Å². The maximum absolute atomic E-state index is 13.2. The van der Waals surface area contributed by atoms with Gasteiger partial charge in [-0.15, -0.1) is 0 Å². The highest BCUT2D eigenvalue weighted by molar-refractivity contribution is 5.88. The van der Waals surface area contributed by atoms with Gasteiger partial charge in [0, 0.05) is 36.2 Å². The molecule has 0 aromatic carbocycles. The molecule has 2 bridgehead atoms. The van der Waals surface area contributed by atoms with Gasteiger partial charge in [0.25, 0.3) is 0 Å². The second-order valence-corrected chi connectivity index (χ2v) is 5.63. The van der Waals surface area contributed by atoms with Crippen LogP contribution in [0, 0.1) is 5.92 Å². The fourth-order valence-corrected chi connectivity index (χ4v) is 3.68. The summed E-state index contributed by atoms with van der Waals surface area (Å²) in [6.45, 7) is 1.67. The fraction of sp³-hybridized carbons (Fsp3) is 0.375. The molecule has 1 heterocycles. The van der Waals surface area contributed by atoms with E-state index >= 15 is 0 Å². The monoisotopic (exact) mass is 309 g/mol. The highest BCUT2D eigenvalue weighted by atomic mass is 19.4. The van der Waals surface area contributed by atoms with Gasteiger partial charge in [0.2, 0.25) is 0 Å². The van der Waals surface area contributed by atoms with E-state index < -0.39 is 35.5 Å². The molecule has 1 aromatic heterocycles. The molecular weight excluding hydrogens is 295 g/mol. The summed E-state index contributed by atoms with van der Waals surface area (Å²) in [5, 5.41) is 9.81. The van der Waals surface area contributed by atoms with Crippen LogP contribution in [0.3, 0.4) is 0 Å². The van der Waals surface area contributed by atoms with Crippen molar-refractivity contribution < 1.29 is 23.1 Å². The Balaban J connectivity index is 2.30. The predicted molar refractivity (Wildman–Crippen MR) is 73.3 cm³/mol. The third-order valence-electron chi connectivity index (χ3n) is 4.55. The van der Waals surface area contributed by atoms with Crippen LogP contribution in [0.15, 0.2) is 41.6 Å². The Kier molecular flexibility index (Phi) is 3.16. The van der Waals surface area contributed by atoms with Crippen LogP contribution in [0.1, 0.15) is 24.6 Å². The first-order chi connectivity index (χ1) is 10.3. The average molecular weight is 309 g/mol. The summed E-state index contributed by atoms with van der Waals surface area (Å²) in [5.74, 6) is -1.83. The molecular formula is C16H14F3NO2. The maximum atomic E-state index is 13.2. The fourth-order valence-electron chi connectivity index (χ4n) is 3.68. The summed E-state index contributed by atoms with van der Waals surface area (Å²) in [7, 11) is 0. The number of carboxylic acids is 1. The topological polar surface area (TPSA) is 50.2 Å². The van der Waals surface area contributed by atoms with Crippen molar-refractivity contribution in [1.82, 2.24) is 4.98 Å². The second kappa shape index (κ2) is 4.69. The molecule has 0 amide bonds. The van der Waals surface area contributed by atoms with Gasteiger partial charge in [-0.05, 0) is 24.1 Å². The summed E-state index contributed by atoms with van der Waals surface area (Å²) < 4.78 is 39.6. The number of fused-ring (bicyclic) bond motifs is 4. The molecule has 2 unspecified atom stereocenters. The van der Waals surface area contributed by atoms with Gasteiger partial charge in [-0.2, -0.15) is 13.2 Å². The van der Waals surface area contributed by atoms with Gasteiger partial charge < -0.3 is 5.11 Å². The number of allylic oxidation sites excluding steroid dienone is 3. The van der Waals surface area contributed by atoms with Crippen molar-refractivity contribution in [3.63, 3.8) is 0 Å². The van der Waals surface area contributed by atoms with Crippen LogP contribution >= 0.6 is 0 Å². The lowest BCUT2D eigenvalue weighted by Crippen LogP contribution is -2.48. The largest absolute Gasteiger partial charge is 0.480 e. The smallest absolute Gasteiger partial charge is 0.412 e. The van der Waals surface area contributed by atoms with E-state index in [2.05, 4.69) is 4.98 Å². The summed E-state index contributed by atoms with van der Waals surface area (Å²) in [6, 6.07) is 3.15. The van der Waals surface area contributed by atoms with Gasteiger partial charge in [0.15, 0.2) is 0 Å². The first kappa shape index (κ1) is 14.8. The van der Waals surface area contributed by atoms with Crippen LogP contribution in [-0.4, -0.2) is 22.2 Å². The van der Waals surface area contributed by atoms with Crippen molar-refractivity contribution >= 4 is 5.97 Å². The van der Waals surface area contributed by atoms with Crippen LogP contribution in [0.4, 0.5) is 13.2 Å². The Hall–Kier alpha value is -2.11. The predicted octanol–water partition coefficient (Wildman–Crippen LogP) is 3.42. The maximum Gasteiger partial charge on any atom is 0.412 e. The van der Waals surface area contributed by atoms with Gasteiger partial charge in [-0.1, -0.05) is 18.2 Å². The molecule has 0 fully saturated rings. The molecule has 3 nitrogen and oxygen atoms in total. The van der Waals surface area contributed by atoms with E-state index in [1.54, 1.807) is 31.3 Å². The first-order valence-corrected chi connectivity index (χ1v) is 6.93. The molecule has 2 aliphatic carbocycles. The zero-order chi connectivity index (χ0) is 16.1. The molecule has 0 radical (unpaired) electrons. The molecule has 2 atom stereocenters. The van der Waals surface area contributed by atoms with Crippen LogP contribution in [0.5, 0.6) is 0 Å². The standard InChI is InChI=1S/C16H14F3NO2/c1-2-11-9-6-10(16(17,18)19)8-15(11,14(21)22)12-4-3-5-20-13(12)7-9/h2-6,9H,7-8H2,1H3,(H,21,22)/b11-2+. The van der Waals surface area contributed by atoms with E-state index in [0.29, 0.717) is 23.3 Å². The van der Waals surface area contributed by atoms with E-state index in [9.17, 15) is 23.1 Å². The molecule has 0 saturated carbocycles. The molecule has 3 rings (SSSR count). The number of aliphatic carboxylic acids is 1.